The van der Waals surface area contributed by atoms with Crippen LogP contribution < -0.4 is 15.6 Å². The highest BCUT2D eigenvalue weighted by Crippen LogP contribution is 2.37. The number of rotatable bonds is 6. The van der Waals surface area contributed by atoms with Crippen LogP contribution >= 0.6 is 0 Å². The first-order valence-electron chi connectivity index (χ1n) is 10.00. The smallest absolute Gasteiger partial charge is 0.276 e. The molecule has 1 heterocycles. The molecule has 2 atom stereocenters. The van der Waals surface area contributed by atoms with E-state index in [1.807, 2.05) is 26.0 Å². The number of amides is 4. The second kappa shape index (κ2) is 9.07. The van der Waals surface area contributed by atoms with Crippen molar-refractivity contribution < 1.29 is 23.9 Å². The van der Waals surface area contributed by atoms with E-state index in [2.05, 4.69) is 10.9 Å². The minimum Gasteiger partial charge on any atom is -0.484 e. The van der Waals surface area contributed by atoms with Crippen molar-refractivity contribution >= 4 is 23.6 Å². The predicted octanol–water partition coefficient (Wildman–Crippen LogP) is 1.39. The zero-order valence-corrected chi connectivity index (χ0v) is 16.8. The summed E-state index contributed by atoms with van der Waals surface area (Å²) in [6, 6.07) is 5.51. The highest BCUT2D eigenvalue weighted by Gasteiger charge is 2.47. The Morgan fingerprint density at radius 3 is 2.24 bits per heavy atom. The van der Waals surface area contributed by atoms with Gasteiger partial charge in [0.15, 0.2) is 6.61 Å². The number of hydrogen-bond acceptors (Lipinski definition) is 5. The van der Waals surface area contributed by atoms with Gasteiger partial charge in [-0.25, -0.2) is 0 Å². The van der Waals surface area contributed by atoms with E-state index in [0.717, 1.165) is 36.8 Å². The van der Waals surface area contributed by atoms with Crippen LogP contribution in [0.2, 0.25) is 0 Å². The summed E-state index contributed by atoms with van der Waals surface area (Å²) in [6.07, 6.45) is 3.35. The van der Waals surface area contributed by atoms with Crippen LogP contribution in [0.4, 0.5) is 0 Å². The lowest BCUT2D eigenvalue weighted by molar-refractivity contribution is -0.140. The monoisotopic (exact) mass is 401 g/mol. The van der Waals surface area contributed by atoms with Gasteiger partial charge in [0.2, 0.25) is 17.7 Å². The molecular formula is C21H27N3O5. The molecule has 2 fully saturated rings. The summed E-state index contributed by atoms with van der Waals surface area (Å²) in [5.74, 6) is -1.18. The molecule has 1 aliphatic carbocycles. The Hall–Kier alpha value is -2.90. The van der Waals surface area contributed by atoms with E-state index >= 15 is 0 Å². The summed E-state index contributed by atoms with van der Waals surface area (Å²) >= 11 is 0. The van der Waals surface area contributed by atoms with Gasteiger partial charge in [-0.1, -0.05) is 18.9 Å². The lowest BCUT2D eigenvalue weighted by Crippen LogP contribution is -2.45. The molecule has 3 rings (SSSR count). The van der Waals surface area contributed by atoms with Gasteiger partial charge in [0, 0.05) is 13.0 Å². The fourth-order valence-electron chi connectivity index (χ4n) is 3.86. The van der Waals surface area contributed by atoms with Crippen LogP contribution in [0.15, 0.2) is 18.2 Å². The molecule has 1 aliphatic heterocycles. The van der Waals surface area contributed by atoms with E-state index in [0.29, 0.717) is 5.75 Å². The number of fused-ring (bicyclic) bond motifs is 1. The number of nitrogens with zero attached hydrogens (tertiary/aromatic N) is 1. The summed E-state index contributed by atoms with van der Waals surface area (Å²) in [7, 11) is 0. The summed E-state index contributed by atoms with van der Waals surface area (Å²) in [6.45, 7) is 3.73. The van der Waals surface area contributed by atoms with Crippen molar-refractivity contribution in [1.29, 1.82) is 0 Å². The second-order valence-electron chi connectivity index (χ2n) is 7.71. The molecule has 2 aliphatic rings. The van der Waals surface area contributed by atoms with E-state index in [9.17, 15) is 19.2 Å². The molecule has 1 aromatic carbocycles. The molecule has 0 radical (unpaired) electrons. The highest BCUT2D eigenvalue weighted by atomic mass is 16.5. The molecule has 8 heteroatoms. The normalized spacial score (nSPS) is 21.0. The number of aryl methyl sites for hydroxylation is 2. The van der Waals surface area contributed by atoms with E-state index in [-0.39, 0.29) is 43.2 Å². The number of likely N-dealkylation sites (tertiary alicyclic amines) is 1. The molecular weight excluding hydrogens is 374 g/mol. The van der Waals surface area contributed by atoms with E-state index < -0.39 is 11.8 Å². The maximum absolute atomic E-state index is 12.4. The lowest BCUT2D eigenvalue weighted by atomic mass is 9.81. The first-order chi connectivity index (χ1) is 13.9. The zero-order valence-electron chi connectivity index (χ0n) is 16.8. The summed E-state index contributed by atoms with van der Waals surface area (Å²) in [5, 5.41) is 0. The zero-order chi connectivity index (χ0) is 21.0. The van der Waals surface area contributed by atoms with E-state index in [1.54, 1.807) is 6.07 Å². The molecule has 2 unspecified atom stereocenters. The Labute approximate surface area is 169 Å². The van der Waals surface area contributed by atoms with Crippen LogP contribution in [-0.4, -0.2) is 41.7 Å². The molecule has 156 valence electrons. The molecule has 1 aromatic rings. The van der Waals surface area contributed by atoms with Crippen molar-refractivity contribution in [3.63, 3.8) is 0 Å². The number of benzene rings is 1. The quantitative estimate of drug-likeness (QED) is 0.554. The first kappa shape index (κ1) is 20.8. The molecule has 1 saturated carbocycles. The fraction of sp³-hybridized carbons (Fsp3) is 0.524. The summed E-state index contributed by atoms with van der Waals surface area (Å²) < 4.78 is 5.40. The largest absolute Gasteiger partial charge is 0.484 e. The fourth-order valence-corrected chi connectivity index (χ4v) is 3.86. The third-order valence-electron chi connectivity index (χ3n) is 5.68. The molecule has 0 bridgehead atoms. The Morgan fingerprint density at radius 2 is 1.62 bits per heavy atom. The van der Waals surface area contributed by atoms with Gasteiger partial charge in [0.1, 0.15) is 5.75 Å². The third kappa shape index (κ3) is 4.93. The number of carbonyl (C=O) groups is 4. The maximum Gasteiger partial charge on any atom is 0.276 e. The molecule has 8 nitrogen and oxygen atoms in total. The van der Waals surface area contributed by atoms with Crippen molar-refractivity contribution in [2.45, 2.75) is 46.0 Å². The lowest BCUT2D eigenvalue weighted by Gasteiger charge is -2.19. The van der Waals surface area contributed by atoms with Crippen LogP contribution in [0.25, 0.3) is 0 Å². The number of nitrogens with one attached hydrogen (secondary N) is 2. The van der Waals surface area contributed by atoms with E-state index in [4.69, 9.17) is 4.74 Å². The Bertz CT molecular complexity index is 799. The molecule has 2 N–H and O–H groups in total. The summed E-state index contributed by atoms with van der Waals surface area (Å²) in [5.41, 5.74) is 6.75. The average molecular weight is 401 g/mol. The van der Waals surface area contributed by atoms with Crippen LogP contribution in [0.3, 0.4) is 0 Å². The Morgan fingerprint density at radius 1 is 1.00 bits per heavy atom. The standard InChI is InChI=1S/C21H27N3O5/c1-13-7-8-15(11-14(13)2)29-12-19(26)23-22-18(25)9-10-24-20(27)16-5-3-4-6-17(16)21(24)28/h7-8,11,16-17H,3-6,9-10,12H2,1-2H3,(H,22,25)(H,23,26). The van der Waals surface area contributed by atoms with E-state index in [1.165, 1.54) is 4.90 Å². The van der Waals surface area contributed by atoms with Crippen molar-refractivity contribution in [2.24, 2.45) is 11.8 Å². The number of hydrogen-bond donors (Lipinski definition) is 2. The average Bonchev–Trinajstić information content (AvgIpc) is 2.96. The first-order valence-corrected chi connectivity index (χ1v) is 10.00. The number of hydrazine groups is 1. The van der Waals surface area contributed by atoms with Crippen LogP contribution in [-0.2, 0) is 19.2 Å². The van der Waals surface area contributed by atoms with Crippen LogP contribution in [0.5, 0.6) is 5.75 Å². The van der Waals surface area contributed by atoms with Crippen LogP contribution in [0, 0.1) is 25.7 Å². The SMILES string of the molecule is Cc1ccc(OCC(=O)NNC(=O)CCN2C(=O)C3CCCCC3C2=O)cc1C. The molecule has 0 spiro atoms. The van der Waals surface area contributed by atoms with Gasteiger partial charge in [0.05, 0.1) is 11.8 Å². The van der Waals surface area contributed by atoms with Crippen LogP contribution in [0.1, 0.15) is 43.2 Å². The van der Waals surface area contributed by atoms with Gasteiger partial charge >= 0.3 is 0 Å². The molecule has 0 aromatic heterocycles. The van der Waals surface area contributed by atoms with Gasteiger partial charge in [0.25, 0.3) is 5.91 Å². The predicted molar refractivity (Wildman–Crippen MR) is 104 cm³/mol. The molecule has 29 heavy (non-hydrogen) atoms. The van der Waals surface area contributed by atoms with Crippen molar-refractivity contribution in [3.05, 3.63) is 29.3 Å². The molecule has 1 saturated heterocycles. The van der Waals surface area contributed by atoms with Gasteiger partial charge < -0.3 is 4.74 Å². The number of imide groups is 1. The Kier molecular flexibility index (Phi) is 6.51. The number of carbonyl (C=O) groups excluding carboxylic acids is 4. The van der Waals surface area contributed by atoms with Gasteiger partial charge in [-0.2, -0.15) is 0 Å². The van der Waals surface area contributed by atoms with Crippen molar-refractivity contribution in [3.8, 4) is 5.75 Å². The van der Waals surface area contributed by atoms with Gasteiger partial charge in [-0.05, 0) is 49.9 Å². The Balaban J connectivity index is 1.38. The van der Waals surface area contributed by atoms with Crippen molar-refractivity contribution in [2.75, 3.05) is 13.2 Å². The van der Waals surface area contributed by atoms with Crippen molar-refractivity contribution in [1.82, 2.24) is 15.8 Å². The third-order valence-corrected chi connectivity index (χ3v) is 5.68. The maximum atomic E-state index is 12.4. The highest BCUT2D eigenvalue weighted by molar-refractivity contribution is 6.05. The minimum atomic E-state index is -0.504. The number of ether oxygens (including phenoxy) is 1. The van der Waals surface area contributed by atoms with Gasteiger partial charge in [-0.3, -0.25) is 34.9 Å². The van der Waals surface area contributed by atoms with Gasteiger partial charge in [-0.15, -0.1) is 0 Å². The summed E-state index contributed by atoms with van der Waals surface area (Å²) in [4.78, 5) is 49.8. The minimum absolute atomic E-state index is 0.0332. The second-order valence-corrected chi connectivity index (χ2v) is 7.71. The molecule has 4 amide bonds. The topological polar surface area (TPSA) is 105 Å².